The number of carbonyl (C=O) groups is 1. The van der Waals surface area contributed by atoms with Crippen molar-refractivity contribution in [2.24, 2.45) is 5.73 Å². The molecule has 7 heteroatoms. The number of nitrogens with zero attached hydrogens (tertiary/aromatic N) is 2. The molecule has 0 aromatic heterocycles. The summed E-state index contributed by atoms with van der Waals surface area (Å²) in [7, 11) is 0. The van der Waals surface area contributed by atoms with Crippen LogP contribution in [0.15, 0.2) is 0 Å². The lowest BCUT2D eigenvalue weighted by Gasteiger charge is -2.35. The predicted molar refractivity (Wildman–Crippen MR) is 63.3 cm³/mol. The lowest BCUT2D eigenvalue weighted by Crippen LogP contribution is -2.52. The van der Waals surface area contributed by atoms with Crippen LogP contribution in [0.5, 0.6) is 0 Å². The summed E-state index contributed by atoms with van der Waals surface area (Å²) in [5.74, 6) is 0.243. The standard InChI is InChI=1S/C8H15ClN4OS/c1-8(2,3)12-5(4-9)13(6(10)15)11-7(12)14/h5H,4H2,1-3H3,(H2,10,15)(H,11,14). The van der Waals surface area contributed by atoms with Crippen molar-refractivity contribution in [3.63, 3.8) is 0 Å². The van der Waals surface area contributed by atoms with Gasteiger partial charge in [-0.2, -0.15) is 0 Å². The first-order valence-electron chi connectivity index (χ1n) is 4.53. The maximum atomic E-state index is 11.7. The molecule has 3 N–H and O–H groups in total. The first kappa shape index (κ1) is 12.3. The summed E-state index contributed by atoms with van der Waals surface area (Å²) in [6.07, 6.45) is -0.336. The average Bonchev–Trinajstić information content (AvgIpc) is 2.41. The fraction of sp³-hybridized carbons (Fsp3) is 0.750. The zero-order chi connectivity index (χ0) is 11.8. The van der Waals surface area contributed by atoms with Gasteiger partial charge in [-0.3, -0.25) is 4.90 Å². The van der Waals surface area contributed by atoms with Gasteiger partial charge in [-0.15, -0.1) is 11.6 Å². The van der Waals surface area contributed by atoms with E-state index in [-0.39, 0.29) is 28.7 Å². The highest BCUT2D eigenvalue weighted by atomic mass is 35.5. The van der Waals surface area contributed by atoms with Crippen LogP contribution in [0.4, 0.5) is 4.79 Å². The van der Waals surface area contributed by atoms with E-state index >= 15 is 0 Å². The Morgan fingerprint density at radius 2 is 2.20 bits per heavy atom. The molecule has 0 saturated carbocycles. The zero-order valence-electron chi connectivity index (χ0n) is 8.95. The molecule has 0 bridgehead atoms. The SMILES string of the molecule is CC(C)(C)N1C(=O)NN(C(N)=S)C1CCl. The Morgan fingerprint density at radius 3 is 2.53 bits per heavy atom. The second-order valence-corrected chi connectivity index (χ2v) is 5.03. The number of hydrogen-bond donors (Lipinski definition) is 2. The third kappa shape index (κ3) is 2.26. The number of amides is 2. The fourth-order valence-electron chi connectivity index (χ4n) is 1.57. The Morgan fingerprint density at radius 1 is 1.67 bits per heavy atom. The van der Waals surface area contributed by atoms with Crippen LogP contribution in [0.1, 0.15) is 20.8 Å². The van der Waals surface area contributed by atoms with Crippen molar-refractivity contribution in [1.82, 2.24) is 15.3 Å². The molecule has 2 amide bonds. The van der Waals surface area contributed by atoms with Gasteiger partial charge in [0.05, 0.1) is 5.88 Å². The number of thiocarbonyl (C=S) groups is 1. The van der Waals surface area contributed by atoms with Gasteiger partial charge in [0, 0.05) is 5.54 Å². The molecule has 1 atom stereocenters. The average molecular weight is 251 g/mol. The second-order valence-electron chi connectivity index (χ2n) is 4.30. The number of hydrazine groups is 1. The molecule has 0 aromatic rings. The Bertz CT molecular complexity index is 291. The lowest BCUT2D eigenvalue weighted by atomic mass is 10.1. The Balaban J connectivity index is 2.98. The number of nitrogens with one attached hydrogen (secondary N) is 1. The molecule has 1 unspecified atom stereocenters. The highest BCUT2D eigenvalue weighted by Crippen LogP contribution is 2.24. The smallest absolute Gasteiger partial charge is 0.338 e. The van der Waals surface area contributed by atoms with E-state index in [1.54, 1.807) is 4.90 Å². The van der Waals surface area contributed by atoms with E-state index in [2.05, 4.69) is 5.43 Å². The van der Waals surface area contributed by atoms with E-state index in [0.29, 0.717) is 0 Å². The minimum Gasteiger partial charge on any atom is -0.375 e. The molecular formula is C8H15ClN4OS. The van der Waals surface area contributed by atoms with Gasteiger partial charge in [-0.1, -0.05) is 0 Å². The highest BCUT2D eigenvalue weighted by Gasteiger charge is 2.43. The highest BCUT2D eigenvalue weighted by molar-refractivity contribution is 7.80. The molecule has 15 heavy (non-hydrogen) atoms. The van der Waals surface area contributed by atoms with Crippen molar-refractivity contribution in [1.29, 1.82) is 0 Å². The van der Waals surface area contributed by atoms with E-state index in [9.17, 15) is 4.79 Å². The van der Waals surface area contributed by atoms with Crippen LogP contribution in [0.2, 0.25) is 0 Å². The minimum absolute atomic E-state index is 0.112. The maximum Gasteiger partial charge on any atom is 0.338 e. The molecule has 1 saturated heterocycles. The summed E-state index contributed by atoms with van der Waals surface area (Å²) in [4.78, 5) is 13.3. The molecule has 1 aliphatic rings. The molecule has 1 fully saturated rings. The first-order chi connectivity index (χ1) is 6.79. The maximum absolute atomic E-state index is 11.7. The molecule has 0 aromatic carbocycles. The van der Waals surface area contributed by atoms with Crippen molar-refractivity contribution in [2.45, 2.75) is 32.5 Å². The monoisotopic (exact) mass is 250 g/mol. The van der Waals surface area contributed by atoms with E-state index in [1.165, 1.54) is 5.01 Å². The van der Waals surface area contributed by atoms with Gasteiger partial charge >= 0.3 is 6.03 Å². The molecule has 1 aliphatic heterocycles. The number of alkyl halides is 1. The topological polar surface area (TPSA) is 61.6 Å². The van der Waals surface area contributed by atoms with E-state index in [4.69, 9.17) is 29.6 Å². The van der Waals surface area contributed by atoms with Crippen molar-refractivity contribution < 1.29 is 4.79 Å². The van der Waals surface area contributed by atoms with Crippen molar-refractivity contribution in [3.05, 3.63) is 0 Å². The number of rotatable bonds is 1. The van der Waals surface area contributed by atoms with Crippen LogP contribution in [0.3, 0.4) is 0 Å². The fourth-order valence-corrected chi connectivity index (χ4v) is 2.02. The Kier molecular flexibility index (Phi) is 3.30. The van der Waals surface area contributed by atoms with Gasteiger partial charge in [-0.25, -0.2) is 15.2 Å². The van der Waals surface area contributed by atoms with E-state index < -0.39 is 0 Å². The molecule has 0 spiro atoms. The van der Waals surface area contributed by atoms with Crippen molar-refractivity contribution in [3.8, 4) is 0 Å². The van der Waals surface area contributed by atoms with Gasteiger partial charge in [0.2, 0.25) is 0 Å². The largest absolute Gasteiger partial charge is 0.375 e. The molecule has 0 aliphatic carbocycles. The van der Waals surface area contributed by atoms with E-state index in [0.717, 1.165) is 0 Å². The van der Waals surface area contributed by atoms with Crippen molar-refractivity contribution in [2.75, 3.05) is 5.88 Å². The van der Waals surface area contributed by atoms with Gasteiger partial charge in [-0.05, 0) is 33.0 Å². The van der Waals surface area contributed by atoms with Gasteiger partial charge in [0.15, 0.2) is 5.11 Å². The first-order valence-corrected chi connectivity index (χ1v) is 5.48. The minimum atomic E-state index is -0.336. The molecule has 1 heterocycles. The quantitative estimate of drug-likeness (QED) is 0.535. The normalized spacial score (nSPS) is 21.9. The summed E-state index contributed by atoms with van der Waals surface area (Å²) >= 11 is 10.7. The van der Waals surface area contributed by atoms with Gasteiger partial charge < -0.3 is 5.73 Å². The van der Waals surface area contributed by atoms with Crippen LogP contribution >= 0.6 is 23.8 Å². The third-order valence-electron chi connectivity index (χ3n) is 2.13. The van der Waals surface area contributed by atoms with Crippen LogP contribution in [0.25, 0.3) is 0 Å². The molecule has 0 radical (unpaired) electrons. The number of urea groups is 1. The number of carbonyl (C=O) groups excluding carboxylic acids is 1. The number of nitrogens with two attached hydrogens (primary N) is 1. The van der Waals surface area contributed by atoms with Gasteiger partial charge in [0.1, 0.15) is 6.17 Å². The van der Waals surface area contributed by atoms with E-state index in [1.807, 2.05) is 20.8 Å². The molecule has 5 nitrogen and oxygen atoms in total. The predicted octanol–water partition coefficient (Wildman–Crippen LogP) is 0.836. The van der Waals surface area contributed by atoms with Crippen LogP contribution < -0.4 is 11.2 Å². The number of hydrogen-bond acceptors (Lipinski definition) is 2. The third-order valence-corrected chi connectivity index (χ3v) is 2.60. The Hall–Kier alpha value is -0.750. The van der Waals surface area contributed by atoms with Crippen LogP contribution in [0, 0.1) is 0 Å². The summed E-state index contributed by atoms with van der Waals surface area (Å²) in [5, 5.41) is 1.52. The summed E-state index contributed by atoms with van der Waals surface area (Å²) in [6, 6.07) is -0.235. The zero-order valence-corrected chi connectivity index (χ0v) is 10.5. The summed E-state index contributed by atoms with van der Waals surface area (Å²) < 4.78 is 0. The second kappa shape index (κ2) is 4.02. The molecular weight excluding hydrogens is 236 g/mol. The number of halogens is 1. The lowest BCUT2D eigenvalue weighted by molar-refractivity contribution is 0.116. The van der Waals surface area contributed by atoms with Crippen LogP contribution in [-0.2, 0) is 0 Å². The van der Waals surface area contributed by atoms with Crippen LogP contribution in [-0.4, -0.2) is 38.6 Å². The van der Waals surface area contributed by atoms with Gasteiger partial charge in [0.25, 0.3) is 0 Å². The Labute approximate surface area is 99.5 Å². The summed E-state index contributed by atoms with van der Waals surface area (Å²) in [5.41, 5.74) is 7.74. The molecule has 1 rings (SSSR count). The molecule has 86 valence electrons. The van der Waals surface area contributed by atoms with Crippen molar-refractivity contribution >= 4 is 35.0 Å². The summed E-state index contributed by atoms with van der Waals surface area (Å²) in [6.45, 7) is 5.78.